The molecule has 9 heteroatoms. The van der Waals surface area contributed by atoms with Gasteiger partial charge in [-0.25, -0.2) is 0 Å². The second-order valence-corrected chi connectivity index (χ2v) is 9.05. The molecular weight excluding hydrogens is 536 g/mol. The van der Waals surface area contributed by atoms with Crippen LogP contribution in [0.3, 0.4) is 0 Å². The zero-order valence-electron chi connectivity index (χ0n) is 19.2. The minimum atomic E-state index is -0.658. The van der Waals surface area contributed by atoms with E-state index in [4.69, 9.17) is 21.1 Å². The van der Waals surface area contributed by atoms with Gasteiger partial charge in [-0.15, -0.1) is 0 Å². The Balaban J connectivity index is 1.40. The molecule has 0 unspecified atom stereocenters. The maximum atomic E-state index is 12.2. The van der Waals surface area contributed by atoms with Gasteiger partial charge in [0.25, 0.3) is 5.91 Å². The number of esters is 1. The lowest BCUT2D eigenvalue weighted by Gasteiger charge is -2.12. The third kappa shape index (κ3) is 8.12. The van der Waals surface area contributed by atoms with Gasteiger partial charge in [0, 0.05) is 16.6 Å². The Morgan fingerprint density at radius 1 is 0.886 bits per heavy atom. The Hall–Kier alpha value is -3.36. The highest BCUT2D eigenvalue weighted by atomic mass is 79.9. The van der Waals surface area contributed by atoms with E-state index in [1.807, 2.05) is 32.0 Å². The van der Waals surface area contributed by atoms with Crippen LogP contribution in [-0.2, 0) is 19.1 Å². The average molecular weight is 560 g/mol. The normalized spacial score (nSPS) is 10.4. The minimum Gasteiger partial charge on any atom is -0.457 e. The van der Waals surface area contributed by atoms with Gasteiger partial charge in [0.2, 0.25) is 5.91 Å². The number of benzene rings is 3. The van der Waals surface area contributed by atoms with Crippen molar-refractivity contribution in [2.45, 2.75) is 26.7 Å². The van der Waals surface area contributed by atoms with Crippen LogP contribution in [0.25, 0.3) is 0 Å². The Morgan fingerprint density at radius 2 is 1.57 bits per heavy atom. The van der Waals surface area contributed by atoms with Gasteiger partial charge < -0.3 is 20.1 Å². The Kier molecular flexibility index (Phi) is 9.28. The van der Waals surface area contributed by atoms with Crippen molar-refractivity contribution in [3.63, 3.8) is 0 Å². The third-order valence-corrected chi connectivity index (χ3v) is 5.70. The van der Waals surface area contributed by atoms with Crippen LogP contribution in [0.15, 0.2) is 65.1 Å². The number of carbonyl (C=O) groups is 3. The summed E-state index contributed by atoms with van der Waals surface area (Å²) in [6, 6.07) is 17.9. The molecule has 3 rings (SSSR count). The van der Waals surface area contributed by atoms with Crippen molar-refractivity contribution in [2.24, 2.45) is 0 Å². The summed E-state index contributed by atoms with van der Waals surface area (Å²) >= 11 is 9.32. The molecular formula is C26H24BrClN2O5. The van der Waals surface area contributed by atoms with E-state index < -0.39 is 18.5 Å². The van der Waals surface area contributed by atoms with Crippen LogP contribution in [0.5, 0.6) is 11.5 Å². The lowest BCUT2D eigenvalue weighted by Crippen LogP contribution is -2.22. The zero-order valence-corrected chi connectivity index (χ0v) is 21.5. The summed E-state index contributed by atoms with van der Waals surface area (Å²) in [4.78, 5) is 36.1. The first-order valence-corrected chi connectivity index (χ1v) is 11.9. The van der Waals surface area contributed by atoms with Crippen LogP contribution < -0.4 is 15.4 Å². The lowest BCUT2D eigenvalue weighted by atomic mass is 10.1. The van der Waals surface area contributed by atoms with E-state index in [0.29, 0.717) is 22.1 Å². The molecule has 0 saturated heterocycles. The van der Waals surface area contributed by atoms with E-state index >= 15 is 0 Å². The number of amides is 2. The number of ether oxygens (including phenoxy) is 2. The van der Waals surface area contributed by atoms with Crippen molar-refractivity contribution in [1.29, 1.82) is 0 Å². The molecule has 7 nitrogen and oxygen atoms in total. The maximum Gasteiger partial charge on any atom is 0.306 e. The van der Waals surface area contributed by atoms with Crippen LogP contribution in [0.1, 0.15) is 24.0 Å². The van der Waals surface area contributed by atoms with Crippen LogP contribution in [-0.4, -0.2) is 24.4 Å². The fourth-order valence-corrected chi connectivity index (χ4v) is 3.84. The molecule has 2 N–H and O–H groups in total. The minimum absolute atomic E-state index is 0.0837. The molecule has 0 atom stereocenters. The number of halogens is 2. The second kappa shape index (κ2) is 12.4. The molecule has 0 fully saturated rings. The quantitative estimate of drug-likeness (QED) is 0.295. The molecule has 0 aliphatic heterocycles. The number of para-hydroxylation sites is 1. The molecule has 0 spiro atoms. The van der Waals surface area contributed by atoms with Crippen molar-refractivity contribution in [3.8, 4) is 11.5 Å². The molecule has 0 saturated carbocycles. The molecule has 0 aliphatic carbocycles. The van der Waals surface area contributed by atoms with Gasteiger partial charge in [0.1, 0.15) is 11.5 Å². The molecule has 182 valence electrons. The highest BCUT2D eigenvalue weighted by Gasteiger charge is 2.12. The zero-order chi connectivity index (χ0) is 25.4. The topological polar surface area (TPSA) is 93.7 Å². The van der Waals surface area contributed by atoms with Gasteiger partial charge in [0.05, 0.1) is 17.1 Å². The molecule has 0 heterocycles. The number of aryl methyl sites for hydroxylation is 2. The molecule has 0 aromatic heterocycles. The summed E-state index contributed by atoms with van der Waals surface area (Å²) in [6.45, 7) is 3.48. The first kappa shape index (κ1) is 26.2. The van der Waals surface area contributed by atoms with Gasteiger partial charge in [-0.2, -0.15) is 0 Å². The predicted octanol–water partition coefficient (Wildman–Crippen LogP) is 6.41. The van der Waals surface area contributed by atoms with Gasteiger partial charge >= 0.3 is 5.97 Å². The summed E-state index contributed by atoms with van der Waals surface area (Å²) in [5, 5.41) is 5.62. The SMILES string of the molecule is Cc1cccc(C)c1Oc1ccc(NC(=O)CCC(=O)OCC(=O)Nc2ccc(Br)cc2Cl)cc1. The van der Waals surface area contributed by atoms with Gasteiger partial charge in [-0.05, 0) is 67.4 Å². The van der Waals surface area contributed by atoms with E-state index in [1.165, 1.54) is 0 Å². The van der Waals surface area contributed by atoms with Crippen molar-refractivity contribution in [3.05, 3.63) is 81.3 Å². The van der Waals surface area contributed by atoms with Gasteiger partial charge in [-0.1, -0.05) is 45.7 Å². The summed E-state index contributed by atoms with van der Waals surface area (Å²) < 4.78 is 11.7. The Bertz CT molecular complexity index is 1210. The van der Waals surface area contributed by atoms with Crippen LogP contribution in [0, 0.1) is 13.8 Å². The van der Waals surface area contributed by atoms with Crippen molar-refractivity contribution < 1.29 is 23.9 Å². The molecule has 35 heavy (non-hydrogen) atoms. The van der Waals surface area contributed by atoms with E-state index in [1.54, 1.807) is 42.5 Å². The van der Waals surface area contributed by atoms with E-state index in [9.17, 15) is 14.4 Å². The highest BCUT2D eigenvalue weighted by Crippen LogP contribution is 2.29. The van der Waals surface area contributed by atoms with Crippen LogP contribution in [0.4, 0.5) is 11.4 Å². The van der Waals surface area contributed by atoms with Crippen molar-refractivity contribution in [1.82, 2.24) is 0 Å². The molecule has 2 amide bonds. The summed E-state index contributed by atoms with van der Waals surface area (Å²) in [6.07, 6.45) is -0.244. The van der Waals surface area contributed by atoms with Crippen molar-refractivity contribution >= 4 is 56.7 Å². The first-order chi connectivity index (χ1) is 16.7. The van der Waals surface area contributed by atoms with Crippen LogP contribution >= 0.6 is 27.5 Å². The highest BCUT2D eigenvalue weighted by molar-refractivity contribution is 9.10. The Morgan fingerprint density at radius 3 is 2.23 bits per heavy atom. The molecule has 0 aliphatic rings. The third-order valence-electron chi connectivity index (χ3n) is 4.89. The maximum absolute atomic E-state index is 12.2. The number of anilines is 2. The predicted molar refractivity (Wildman–Crippen MR) is 139 cm³/mol. The number of hydrogen-bond acceptors (Lipinski definition) is 5. The van der Waals surface area contributed by atoms with Crippen LogP contribution in [0.2, 0.25) is 5.02 Å². The second-order valence-electron chi connectivity index (χ2n) is 7.73. The van der Waals surface area contributed by atoms with E-state index in [2.05, 4.69) is 26.6 Å². The fourth-order valence-electron chi connectivity index (χ4n) is 3.12. The number of carbonyl (C=O) groups excluding carboxylic acids is 3. The smallest absolute Gasteiger partial charge is 0.306 e. The molecule has 3 aromatic carbocycles. The van der Waals surface area contributed by atoms with Crippen molar-refractivity contribution in [2.75, 3.05) is 17.2 Å². The first-order valence-electron chi connectivity index (χ1n) is 10.8. The van der Waals surface area contributed by atoms with E-state index in [-0.39, 0.29) is 18.7 Å². The standard InChI is InChI=1S/C26H24BrClN2O5/c1-16-4-3-5-17(2)26(16)35-20-9-7-19(8-10-20)29-23(31)12-13-25(33)34-15-24(32)30-22-11-6-18(27)14-21(22)28/h3-11,14H,12-13,15H2,1-2H3,(H,29,31)(H,30,32). The average Bonchev–Trinajstić information content (AvgIpc) is 2.82. The fraction of sp³-hybridized carbons (Fsp3) is 0.192. The number of rotatable bonds is 9. The summed E-state index contributed by atoms with van der Waals surface area (Å²) in [5.41, 5.74) is 3.04. The summed E-state index contributed by atoms with van der Waals surface area (Å²) in [7, 11) is 0. The Labute approximate surface area is 216 Å². The number of hydrogen-bond donors (Lipinski definition) is 2. The number of nitrogens with one attached hydrogen (secondary N) is 2. The van der Waals surface area contributed by atoms with E-state index in [0.717, 1.165) is 21.3 Å². The molecule has 0 radical (unpaired) electrons. The molecule has 3 aromatic rings. The van der Waals surface area contributed by atoms with Gasteiger partial charge in [-0.3, -0.25) is 14.4 Å². The summed E-state index contributed by atoms with van der Waals surface area (Å²) in [5.74, 6) is -0.0932. The lowest BCUT2D eigenvalue weighted by molar-refractivity contribution is -0.147. The monoisotopic (exact) mass is 558 g/mol. The molecule has 0 bridgehead atoms. The largest absolute Gasteiger partial charge is 0.457 e. The van der Waals surface area contributed by atoms with Gasteiger partial charge in [0.15, 0.2) is 6.61 Å².